The van der Waals surface area contributed by atoms with Crippen molar-refractivity contribution in [2.24, 2.45) is 0 Å². The fourth-order valence-corrected chi connectivity index (χ4v) is 4.54. The van der Waals surface area contributed by atoms with Gasteiger partial charge in [-0.1, -0.05) is 81.3 Å². The van der Waals surface area contributed by atoms with E-state index in [0.29, 0.717) is 0 Å². The Kier molecular flexibility index (Phi) is 5.02. The van der Waals surface area contributed by atoms with Gasteiger partial charge in [-0.05, 0) is 59.1 Å². The van der Waals surface area contributed by atoms with E-state index < -0.39 is 0 Å². The summed E-state index contributed by atoms with van der Waals surface area (Å²) in [6, 6.07) is 13.7. The largest absolute Gasteiger partial charge is 0.0619 e. The van der Waals surface area contributed by atoms with E-state index in [9.17, 15) is 0 Å². The van der Waals surface area contributed by atoms with Crippen LogP contribution in [0.15, 0.2) is 36.4 Å². The second kappa shape index (κ2) is 7.55. The molecule has 0 heterocycles. The second-order valence-electron chi connectivity index (χ2n) is 7.58. The summed E-state index contributed by atoms with van der Waals surface area (Å²) in [5.74, 6) is 0. The lowest BCUT2D eigenvalue weighted by Crippen LogP contribution is -1.99. The van der Waals surface area contributed by atoms with Crippen LogP contribution in [0.1, 0.15) is 80.0 Å². The Labute approximate surface area is 147 Å². The van der Waals surface area contributed by atoms with Crippen LogP contribution >= 0.6 is 0 Å². The first-order chi connectivity index (χ1) is 11.9. The van der Waals surface area contributed by atoms with E-state index in [1.54, 1.807) is 16.7 Å². The van der Waals surface area contributed by atoms with Gasteiger partial charge in [0.2, 0.25) is 0 Å². The predicted octanol–water partition coefficient (Wildman–Crippen LogP) is 6.88. The minimum atomic E-state index is 1.26. The summed E-state index contributed by atoms with van der Waals surface area (Å²) in [5, 5.41) is 0. The molecule has 2 aliphatic carbocycles. The SMILES string of the molecule is [CH]1c2ccccc2-c2c1ccc1c2CCCCCCCCCCC1. The van der Waals surface area contributed by atoms with Crippen molar-refractivity contribution in [2.75, 3.05) is 0 Å². The van der Waals surface area contributed by atoms with Crippen LogP contribution in [-0.2, 0) is 12.8 Å². The number of benzene rings is 2. The Morgan fingerprint density at radius 1 is 0.542 bits per heavy atom. The molecule has 0 spiro atoms. The zero-order chi connectivity index (χ0) is 16.2. The Hall–Kier alpha value is -1.56. The van der Waals surface area contributed by atoms with Crippen LogP contribution in [0.4, 0.5) is 0 Å². The van der Waals surface area contributed by atoms with Crippen molar-refractivity contribution in [3.63, 3.8) is 0 Å². The van der Waals surface area contributed by atoms with Gasteiger partial charge < -0.3 is 0 Å². The van der Waals surface area contributed by atoms with Gasteiger partial charge in [-0.25, -0.2) is 0 Å². The molecule has 0 saturated heterocycles. The Morgan fingerprint density at radius 2 is 1.21 bits per heavy atom. The third-order valence-electron chi connectivity index (χ3n) is 5.86. The van der Waals surface area contributed by atoms with Gasteiger partial charge in [0.25, 0.3) is 0 Å². The molecule has 1 radical (unpaired) electrons. The van der Waals surface area contributed by atoms with Crippen molar-refractivity contribution >= 4 is 0 Å². The number of hydrogen-bond acceptors (Lipinski definition) is 0. The molecule has 125 valence electrons. The van der Waals surface area contributed by atoms with Crippen molar-refractivity contribution in [3.8, 4) is 11.1 Å². The average molecular weight is 317 g/mol. The highest BCUT2D eigenvalue weighted by Gasteiger charge is 2.22. The molecule has 0 amide bonds. The normalized spacial score (nSPS) is 18.5. The van der Waals surface area contributed by atoms with Crippen LogP contribution in [0.3, 0.4) is 0 Å². The number of fused-ring (bicyclic) bond motifs is 5. The number of aryl methyl sites for hydroxylation is 1. The van der Waals surface area contributed by atoms with E-state index in [1.165, 1.54) is 87.3 Å². The molecule has 0 bridgehead atoms. The Morgan fingerprint density at radius 3 is 2.00 bits per heavy atom. The Bertz CT molecular complexity index is 695. The topological polar surface area (TPSA) is 0 Å². The van der Waals surface area contributed by atoms with Crippen LogP contribution < -0.4 is 0 Å². The summed E-state index contributed by atoms with van der Waals surface area (Å²) in [5.41, 5.74) is 9.15. The van der Waals surface area contributed by atoms with Crippen molar-refractivity contribution in [3.05, 3.63) is 65.1 Å². The maximum atomic E-state index is 2.43. The molecule has 2 aromatic carbocycles. The van der Waals surface area contributed by atoms with Gasteiger partial charge in [0, 0.05) is 6.42 Å². The number of hydrogen-bond donors (Lipinski definition) is 0. The van der Waals surface area contributed by atoms with Gasteiger partial charge >= 0.3 is 0 Å². The molecular weight excluding hydrogens is 288 g/mol. The van der Waals surface area contributed by atoms with Crippen LogP contribution in [0.2, 0.25) is 0 Å². The van der Waals surface area contributed by atoms with Gasteiger partial charge in [0.15, 0.2) is 0 Å². The molecule has 2 aliphatic rings. The van der Waals surface area contributed by atoms with Gasteiger partial charge in [-0.3, -0.25) is 0 Å². The average Bonchev–Trinajstić information content (AvgIpc) is 2.99. The minimum absolute atomic E-state index is 1.26. The van der Waals surface area contributed by atoms with Gasteiger partial charge in [-0.15, -0.1) is 0 Å². The zero-order valence-electron chi connectivity index (χ0n) is 14.8. The van der Waals surface area contributed by atoms with Gasteiger partial charge in [0.1, 0.15) is 0 Å². The summed E-state index contributed by atoms with van der Waals surface area (Å²) in [7, 11) is 0. The molecule has 0 aliphatic heterocycles. The molecule has 0 saturated carbocycles. The van der Waals surface area contributed by atoms with Crippen molar-refractivity contribution in [1.29, 1.82) is 0 Å². The van der Waals surface area contributed by atoms with E-state index >= 15 is 0 Å². The van der Waals surface area contributed by atoms with E-state index in [-0.39, 0.29) is 0 Å². The van der Waals surface area contributed by atoms with Crippen LogP contribution in [0, 0.1) is 6.42 Å². The molecule has 0 fully saturated rings. The van der Waals surface area contributed by atoms with Crippen molar-refractivity contribution in [2.45, 2.75) is 70.6 Å². The fourth-order valence-electron chi connectivity index (χ4n) is 4.54. The predicted molar refractivity (Wildman–Crippen MR) is 103 cm³/mol. The summed E-state index contributed by atoms with van der Waals surface area (Å²) in [6.07, 6.45) is 17.6. The molecular formula is C24H29. The third-order valence-corrected chi connectivity index (χ3v) is 5.86. The summed E-state index contributed by atoms with van der Waals surface area (Å²) < 4.78 is 0. The fraction of sp³-hybridized carbons (Fsp3) is 0.458. The smallest absolute Gasteiger partial charge is 0.0212 e. The molecule has 2 aromatic rings. The highest BCUT2D eigenvalue weighted by atomic mass is 14.3. The number of rotatable bonds is 0. The lowest BCUT2D eigenvalue weighted by molar-refractivity contribution is 0.564. The van der Waals surface area contributed by atoms with Crippen LogP contribution in [0.5, 0.6) is 0 Å². The van der Waals surface area contributed by atoms with Crippen molar-refractivity contribution < 1.29 is 0 Å². The zero-order valence-corrected chi connectivity index (χ0v) is 14.8. The van der Waals surface area contributed by atoms with E-state index in [0.717, 1.165) is 0 Å². The van der Waals surface area contributed by atoms with Crippen molar-refractivity contribution in [1.82, 2.24) is 0 Å². The quantitative estimate of drug-likeness (QED) is 0.424. The molecule has 0 aromatic heterocycles. The van der Waals surface area contributed by atoms with E-state index in [1.807, 2.05) is 0 Å². The first-order valence-corrected chi connectivity index (χ1v) is 10.0. The first kappa shape index (κ1) is 15.9. The lowest BCUT2D eigenvalue weighted by atomic mass is 9.89. The van der Waals surface area contributed by atoms with E-state index in [4.69, 9.17) is 0 Å². The summed E-state index contributed by atoms with van der Waals surface area (Å²) in [4.78, 5) is 0. The molecule has 0 atom stereocenters. The molecule has 4 rings (SSSR count). The Balaban J connectivity index is 1.68. The molecule has 24 heavy (non-hydrogen) atoms. The highest BCUT2D eigenvalue weighted by Crippen LogP contribution is 2.42. The monoisotopic (exact) mass is 317 g/mol. The van der Waals surface area contributed by atoms with Gasteiger partial charge in [-0.2, -0.15) is 0 Å². The minimum Gasteiger partial charge on any atom is -0.0619 e. The highest BCUT2D eigenvalue weighted by molar-refractivity contribution is 5.84. The molecule has 0 heteroatoms. The summed E-state index contributed by atoms with van der Waals surface area (Å²) in [6.45, 7) is 0. The standard InChI is InChI=1S/C24H29/c1-2-4-6-8-12-19-16-17-21-18-20-13-10-11-15-23(20)24(21)22(19)14-9-7-5-3-1/h10-11,13,15-18H,1-9,12,14H2. The molecule has 0 N–H and O–H groups in total. The lowest BCUT2D eigenvalue weighted by Gasteiger charge is -2.16. The molecule has 0 nitrogen and oxygen atoms in total. The third kappa shape index (κ3) is 3.29. The first-order valence-electron chi connectivity index (χ1n) is 10.0. The molecule has 0 unspecified atom stereocenters. The van der Waals surface area contributed by atoms with Crippen LogP contribution in [-0.4, -0.2) is 0 Å². The maximum absolute atomic E-state index is 2.43. The second-order valence-corrected chi connectivity index (χ2v) is 7.58. The maximum Gasteiger partial charge on any atom is 0.0212 e. The summed E-state index contributed by atoms with van der Waals surface area (Å²) >= 11 is 0. The van der Waals surface area contributed by atoms with Gasteiger partial charge in [0.05, 0.1) is 0 Å². The van der Waals surface area contributed by atoms with E-state index in [2.05, 4.69) is 42.8 Å². The van der Waals surface area contributed by atoms with Crippen LogP contribution in [0.25, 0.3) is 11.1 Å².